The molecule has 0 radical (unpaired) electrons. The van der Waals surface area contributed by atoms with Crippen LogP contribution in [0.1, 0.15) is 27.2 Å². The van der Waals surface area contributed by atoms with Gasteiger partial charge in [0.1, 0.15) is 0 Å². The van der Waals surface area contributed by atoms with Crippen molar-refractivity contribution in [3.63, 3.8) is 0 Å². The molecule has 1 amide bonds. The summed E-state index contributed by atoms with van der Waals surface area (Å²) >= 11 is 12.2. The van der Waals surface area contributed by atoms with Gasteiger partial charge in [-0.3, -0.25) is 4.79 Å². The highest BCUT2D eigenvalue weighted by atomic mass is 35.5. The van der Waals surface area contributed by atoms with Crippen LogP contribution in [0, 0.1) is 6.92 Å². The highest BCUT2D eigenvalue weighted by Crippen LogP contribution is 2.23. The molecule has 1 aromatic heterocycles. The Kier molecular flexibility index (Phi) is 7.37. The van der Waals surface area contributed by atoms with E-state index in [4.69, 9.17) is 27.9 Å². The maximum Gasteiger partial charge on any atom is 0.255 e. The van der Waals surface area contributed by atoms with Gasteiger partial charge in [0, 0.05) is 37.1 Å². The lowest BCUT2D eigenvalue weighted by atomic mass is 10.1. The topological polar surface area (TPSA) is 34.5 Å². The predicted molar refractivity (Wildman–Crippen MR) is 118 cm³/mol. The maximum atomic E-state index is 13.2. The van der Waals surface area contributed by atoms with E-state index in [2.05, 4.69) is 35.8 Å². The number of halogens is 2. The molecule has 4 nitrogen and oxygen atoms in total. The molecule has 0 N–H and O–H groups in total. The van der Waals surface area contributed by atoms with Gasteiger partial charge in [-0.05, 0) is 42.8 Å². The van der Waals surface area contributed by atoms with E-state index in [-0.39, 0.29) is 5.91 Å². The van der Waals surface area contributed by atoms with Gasteiger partial charge in [-0.1, -0.05) is 53.0 Å². The first-order valence-corrected chi connectivity index (χ1v) is 10.2. The van der Waals surface area contributed by atoms with E-state index in [0.717, 1.165) is 12.2 Å². The Morgan fingerprint density at radius 2 is 1.93 bits per heavy atom. The van der Waals surface area contributed by atoms with Crippen LogP contribution in [-0.2, 0) is 17.8 Å². The molecule has 0 saturated heterocycles. The maximum absolute atomic E-state index is 13.2. The molecule has 1 heterocycles. The fourth-order valence-electron chi connectivity index (χ4n) is 3.24. The lowest BCUT2D eigenvalue weighted by molar-refractivity contribution is 0.0676. The van der Waals surface area contributed by atoms with E-state index in [9.17, 15) is 4.79 Å². The van der Waals surface area contributed by atoms with Gasteiger partial charge < -0.3 is 14.2 Å². The summed E-state index contributed by atoms with van der Waals surface area (Å²) in [6, 6.07) is 17.4. The van der Waals surface area contributed by atoms with Crippen LogP contribution in [0.2, 0.25) is 10.0 Å². The Bertz CT molecular complexity index is 985. The van der Waals surface area contributed by atoms with E-state index < -0.39 is 0 Å². The Morgan fingerprint density at radius 1 is 1.10 bits per heavy atom. The van der Waals surface area contributed by atoms with Crippen LogP contribution >= 0.6 is 23.2 Å². The number of hydrogen-bond acceptors (Lipinski definition) is 2. The Morgan fingerprint density at radius 3 is 2.66 bits per heavy atom. The Hall–Kier alpha value is -2.27. The molecule has 0 aliphatic heterocycles. The molecule has 0 aliphatic carbocycles. The number of methoxy groups -OCH3 is 1. The summed E-state index contributed by atoms with van der Waals surface area (Å²) in [6.07, 6.45) is 2.03. The lowest BCUT2D eigenvalue weighted by Gasteiger charge is -2.24. The third kappa shape index (κ3) is 5.63. The minimum atomic E-state index is -0.146. The van der Waals surface area contributed by atoms with Crippen LogP contribution in [0.15, 0.2) is 60.8 Å². The zero-order valence-electron chi connectivity index (χ0n) is 16.6. The SMILES string of the molecule is COCCN(Cc1cccn1Cc1cccc(C)c1)C(=O)c1ccc(Cl)cc1Cl. The van der Waals surface area contributed by atoms with Crippen molar-refractivity contribution < 1.29 is 9.53 Å². The molecule has 6 heteroatoms. The molecule has 0 bridgehead atoms. The summed E-state index contributed by atoms with van der Waals surface area (Å²) in [6.45, 7) is 4.19. The van der Waals surface area contributed by atoms with Gasteiger partial charge in [0.2, 0.25) is 0 Å². The minimum Gasteiger partial charge on any atom is -0.383 e. The number of ether oxygens (including phenoxy) is 1. The van der Waals surface area contributed by atoms with Gasteiger partial charge in [-0.25, -0.2) is 0 Å². The molecule has 0 unspecified atom stereocenters. The molecule has 152 valence electrons. The highest BCUT2D eigenvalue weighted by Gasteiger charge is 2.20. The molecular weight excluding hydrogens is 407 g/mol. The largest absolute Gasteiger partial charge is 0.383 e. The predicted octanol–water partition coefficient (Wildman–Crippen LogP) is 5.44. The van der Waals surface area contributed by atoms with Crippen molar-refractivity contribution in [3.8, 4) is 0 Å². The second-order valence-corrected chi connectivity index (χ2v) is 7.80. The molecule has 2 aromatic carbocycles. The second-order valence-electron chi connectivity index (χ2n) is 6.96. The van der Waals surface area contributed by atoms with Gasteiger partial charge in [-0.2, -0.15) is 0 Å². The number of hydrogen-bond donors (Lipinski definition) is 0. The van der Waals surface area contributed by atoms with E-state index in [0.29, 0.717) is 35.3 Å². The number of aromatic nitrogens is 1. The molecular formula is C23H24Cl2N2O2. The molecule has 0 saturated carbocycles. The molecule has 3 aromatic rings. The zero-order chi connectivity index (χ0) is 20.8. The van der Waals surface area contributed by atoms with Crippen LogP contribution < -0.4 is 0 Å². The zero-order valence-corrected chi connectivity index (χ0v) is 18.1. The second kappa shape index (κ2) is 9.97. The van der Waals surface area contributed by atoms with Gasteiger partial charge in [0.05, 0.1) is 23.7 Å². The average Bonchev–Trinajstić information content (AvgIpc) is 3.11. The van der Waals surface area contributed by atoms with Gasteiger partial charge >= 0.3 is 0 Å². The quantitative estimate of drug-likeness (QED) is 0.476. The summed E-state index contributed by atoms with van der Waals surface area (Å²) in [5, 5.41) is 0.849. The van der Waals surface area contributed by atoms with Gasteiger partial charge in [0.25, 0.3) is 5.91 Å². The van der Waals surface area contributed by atoms with Gasteiger partial charge in [-0.15, -0.1) is 0 Å². The summed E-state index contributed by atoms with van der Waals surface area (Å²) in [4.78, 5) is 14.9. The van der Waals surface area contributed by atoms with Crippen molar-refractivity contribution in [3.05, 3.63) is 93.2 Å². The van der Waals surface area contributed by atoms with Crippen LogP contribution in [-0.4, -0.2) is 35.6 Å². The first-order chi connectivity index (χ1) is 14.0. The molecule has 0 atom stereocenters. The van der Waals surface area contributed by atoms with E-state index >= 15 is 0 Å². The van der Waals surface area contributed by atoms with E-state index in [1.807, 2.05) is 18.3 Å². The molecule has 0 aliphatic rings. The van der Waals surface area contributed by atoms with Crippen LogP contribution in [0.4, 0.5) is 0 Å². The standard InChI is InChI=1S/C23H24Cl2N2O2/c1-17-5-3-6-18(13-17)15-26-10-4-7-20(26)16-27(11-12-29-2)23(28)21-9-8-19(24)14-22(21)25/h3-10,13-14H,11-12,15-16H2,1-2H3. The van der Waals surface area contributed by atoms with Crippen molar-refractivity contribution in [2.24, 2.45) is 0 Å². The van der Waals surface area contributed by atoms with Crippen LogP contribution in [0.5, 0.6) is 0 Å². The van der Waals surface area contributed by atoms with E-state index in [1.54, 1.807) is 30.2 Å². The number of amides is 1. The van der Waals surface area contributed by atoms with Crippen LogP contribution in [0.3, 0.4) is 0 Å². The third-order valence-corrected chi connectivity index (χ3v) is 5.27. The molecule has 29 heavy (non-hydrogen) atoms. The number of rotatable bonds is 8. The number of carbonyl (C=O) groups is 1. The minimum absolute atomic E-state index is 0.146. The van der Waals surface area contributed by atoms with Crippen molar-refractivity contribution in [1.82, 2.24) is 9.47 Å². The summed E-state index contributed by atoms with van der Waals surface area (Å²) < 4.78 is 7.37. The first-order valence-electron chi connectivity index (χ1n) is 9.40. The summed E-state index contributed by atoms with van der Waals surface area (Å²) in [5.41, 5.74) is 3.92. The number of nitrogens with zero attached hydrogens (tertiary/aromatic N) is 2. The Labute approximate surface area is 181 Å². The third-order valence-electron chi connectivity index (χ3n) is 4.73. The normalized spacial score (nSPS) is 10.9. The fourth-order valence-corrected chi connectivity index (χ4v) is 3.73. The van der Waals surface area contributed by atoms with Crippen LogP contribution in [0.25, 0.3) is 0 Å². The molecule has 0 fully saturated rings. The lowest BCUT2D eigenvalue weighted by Crippen LogP contribution is -2.34. The average molecular weight is 431 g/mol. The van der Waals surface area contributed by atoms with Crippen molar-refractivity contribution in [2.75, 3.05) is 20.3 Å². The first kappa shape index (κ1) is 21.4. The number of benzene rings is 2. The molecule has 0 spiro atoms. The summed E-state index contributed by atoms with van der Waals surface area (Å²) in [5.74, 6) is -0.146. The smallest absolute Gasteiger partial charge is 0.255 e. The van der Waals surface area contributed by atoms with E-state index in [1.165, 1.54) is 11.1 Å². The monoisotopic (exact) mass is 430 g/mol. The fraction of sp³-hybridized carbons (Fsp3) is 0.261. The number of aryl methyl sites for hydroxylation is 1. The van der Waals surface area contributed by atoms with Crippen molar-refractivity contribution >= 4 is 29.1 Å². The molecule has 3 rings (SSSR count). The van der Waals surface area contributed by atoms with Crippen molar-refractivity contribution in [2.45, 2.75) is 20.0 Å². The number of carbonyl (C=O) groups excluding carboxylic acids is 1. The van der Waals surface area contributed by atoms with Gasteiger partial charge in [0.15, 0.2) is 0 Å². The highest BCUT2D eigenvalue weighted by molar-refractivity contribution is 6.36. The Balaban J connectivity index is 1.82. The van der Waals surface area contributed by atoms with Crippen molar-refractivity contribution in [1.29, 1.82) is 0 Å². The summed E-state index contributed by atoms with van der Waals surface area (Å²) in [7, 11) is 1.62.